The average molecular weight is 287 g/mol. The van der Waals surface area contributed by atoms with E-state index in [4.69, 9.17) is 4.42 Å². The molecule has 0 unspecified atom stereocenters. The van der Waals surface area contributed by atoms with Gasteiger partial charge in [0.2, 0.25) is 0 Å². The van der Waals surface area contributed by atoms with E-state index >= 15 is 0 Å². The molecule has 6 nitrogen and oxygen atoms in total. The van der Waals surface area contributed by atoms with Crippen LogP contribution >= 0.6 is 11.8 Å². The summed E-state index contributed by atoms with van der Waals surface area (Å²) in [6.45, 7) is 0. The van der Waals surface area contributed by atoms with Gasteiger partial charge in [0.05, 0.1) is 12.0 Å². The van der Waals surface area contributed by atoms with Gasteiger partial charge in [0.1, 0.15) is 9.84 Å². The Hall–Kier alpha value is -1.28. The molecule has 0 radical (unpaired) electrons. The fourth-order valence-corrected chi connectivity index (χ4v) is 3.45. The van der Waals surface area contributed by atoms with E-state index in [1.54, 1.807) is 23.0 Å². The molecule has 0 atom stereocenters. The van der Waals surface area contributed by atoms with Gasteiger partial charge in [0.15, 0.2) is 16.7 Å². The van der Waals surface area contributed by atoms with E-state index in [1.165, 1.54) is 18.0 Å². The second kappa shape index (κ2) is 5.15. The third-order valence-corrected chi connectivity index (χ3v) is 4.49. The molecule has 2 heterocycles. The van der Waals surface area contributed by atoms with Crippen LogP contribution in [0.2, 0.25) is 0 Å². The van der Waals surface area contributed by atoms with Crippen LogP contribution in [0, 0.1) is 0 Å². The van der Waals surface area contributed by atoms with Gasteiger partial charge in [-0.2, -0.15) is 0 Å². The molecule has 0 fully saturated rings. The van der Waals surface area contributed by atoms with Crippen LogP contribution in [0.3, 0.4) is 0 Å². The molecular formula is C10H13N3O3S2. The molecule has 0 aliphatic heterocycles. The predicted octanol–water partition coefficient (Wildman–Crippen LogP) is 1.21. The highest BCUT2D eigenvalue weighted by molar-refractivity contribution is 8.00. The van der Waals surface area contributed by atoms with Crippen molar-refractivity contribution < 1.29 is 12.8 Å². The van der Waals surface area contributed by atoms with E-state index in [9.17, 15) is 8.42 Å². The number of rotatable bonds is 5. The molecule has 0 saturated carbocycles. The summed E-state index contributed by atoms with van der Waals surface area (Å²) in [7, 11) is -1.12. The van der Waals surface area contributed by atoms with Gasteiger partial charge in [-0.3, -0.25) is 0 Å². The maximum absolute atomic E-state index is 11.0. The van der Waals surface area contributed by atoms with Crippen molar-refractivity contribution >= 4 is 21.6 Å². The Morgan fingerprint density at radius 1 is 1.44 bits per heavy atom. The van der Waals surface area contributed by atoms with Crippen molar-refractivity contribution in [2.24, 2.45) is 7.05 Å². The van der Waals surface area contributed by atoms with Gasteiger partial charge < -0.3 is 8.98 Å². The van der Waals surface area contributed by atoms with Crippen molar-refractivity contribution in [3.8, 4) is 11.6 Å². The molecule has 2 aromatic rings. The predicted molar refractivity (Wildman–Crippen MR) is 69.1 cm³/mol. The lowest BCUT2D eigenvalue weighted by molar-refractivity contribution is 0.572. The number of aromatic nitrogens is 3. The van der Waals surface area contributed by atoms with Crippen LogP contribution in [0.15, 0.2) is 28.0 Å². The van der Waals surface area contributed by atoms with Gasteiger partial charge in [0, 0.05) is 19.1 Å². The van der Waals surface area contributed by atoms with E-state index < -0.39 is 9.84 Å². The van der Waals surface area contributed by atoms with Crippen LogP contribution in [0.4, 0.5) is 0 Å². The average Bonchev–Trinajstić information content (AvgIpc) is 2.87. The molecule has 0 N–H and O–H groups in total. The third-order valence-electron chi connectivity index (χ3n) is 2.26. The highest BCUT2D eigenvalue weighted by Crippen LogP contribution is 2.22. The third kappa shape index (κ3) is 3.14. The Labute approximate surface area is 109 Å². The Morgan fingerprint density at radius 2 is 2.22 bits per heavy atom. The first-order chi connectivity index (χ1) is 8.47. The molecule has 0 aromatic carbocycles. The molecular weight excluding hydrogens is 274 g/mol. The maximum Gasteiger partial charge on any atom is 0.200 e. The molecule has 0 aliphatic rings. The lowest BCUT2D eigenvalue weighted by Crippen LogP contribution is -2.05. The maximum atomic E-state index is 11.0. The summed E-state index contributed by atoms with van der Waals surface area (Å²) < 4.78 is 29.1. The lowest BCUT2D eigenvalue weighted by atomic mass is 10.4. The van der Waals surface area contributed by atoms with Crippen molar-refractivity contribution in [2.75, 3.05) is 17.8 Å². The molecule has 98 valence electrons. The van der Waals surface area contributed by atoms with Crippen molar-refractivity contribution in [1.29, 1.82) is 0 Å². The highest BCUT2D eigenvalue weighted by Gasteiger charge is 2.13. The first kappa shape index (κ1) is 13.2. The summed E-state index contributed by atoms with van der Waals surface area (Å²) in [5.74, 6) is 1.85. The Balaban J connectivity index is 2.07. The van der Waals surface area contributed by atoms with Crippen molar-refractivity contribution in [1.82, 2.24) is 14.8 Å². The molecule has 0 amide bonds. The van der Waals surface area contributed by atoms with Crippen LogP contribution < -0.4 is 0 Å². The normalized spacial score (nSPS) is 11.9. The summed E-state index contributed by atoms with van der Waals surface area (Å²) in [6.07, 6.45) is 2.79. The zero-order chi connectivity index (χ0) is 13.2. The van der Waals surface area contributed by atoms with Crippen molar-refractivity contribution in [3.63, 3.8) is 0 Å². The number of nitrogens with zero attached hydrogens (tertiary/aromatic N) is 3. The second-order valence-electron chi connectivity index (χ2n) is 3.82. The number of sulfone groups is 1. The van der Waals surface area contributed by atoms with Gasteiger partial charge in [0.25, 0.3) is 0 Å². The van der Waals surface area contributed by atoms with E-state index in [-0.39, 0.29) is 5.75 Å². The zero-order valence-corrected chi connectivity index (χ0v) is 11.7. The summed E-state index contributed by atoms with van der Waals surface area (Å²) in [4.78, 5) is 0. The number of thioether (sulfide) groups is 1. The summed E-state index contributed by atoms with van der Waals surface area (Å²) >= 11 is 1.36. The fourth-order valence-electron chi connectivity index (χ4n) is 1.35. The van der Waals surface area contributed by atoms with E-state index in [2.05, 4.69) is 10.2 Å². The van der Waals surface area contributed by atoms with Crippen LogP contribution in [-0.4, -0.2) is 40.9 Å². The standard InChI is InChI=1S/C10H13N3O3S2/c1-13-9(8-4-3-5-16-8)11-12-10(13)17-6-7-18(2,14)15/h3-5H,6-7H2,1-2H3. The quantitative estimate of drug-likeness (QED) is 0.769. The van der Waals surface area contributed by atoms with Gasteiger partial charge in [-0.15, -0.1) is 10.2 Å². The smallest absolute Gasteiger partial charge is 0.200 e. The molecule has 2 rings (SSSR count). The minimum Gasteiger partial charge on any atom is -0.461 e. The molecule has 18 heavy (non-hydrogen) atoms. The molecule has 8 heteroatoms. The van der Waals surface area contributed by atoms with E-state index in [0.717, 1.165) is 0 Å². The van der Waals surface area contributed by atoms with Gasteiger partial charge in [-0.25, -0.2) is 8.42 Å². The monoisotopic (exact) mass is 287 g/mol. The summed E-state index contributed by atoms with van der Waals surface area (Å²) in [5, 5.41) is 8.71. The van der Waals surface area contributed by atoms with E-state index in [0.29, 0.717) is 22.5 Å². The Kier molecular flexibility index (Phi) is 3.76. The fraction of sp³-hybridized carbons (Fsp3) is 0.400. The molecule has 0 aliphatic carbocycles. The lowest BCUT2D eigenvalue weighted by Gasteiger charge is -2.01. The largest absolute Gasteiger partial charge is 0.461 e. The van der Waals surface area contributed by atoms with Crippen molar-refractivity contribution in [2.45, 2.75) is 5.16 Å². The van der Waals surface area contributed by atoms with Crippen LogP contribution in [0.5, 0.6) is 0 Å². The van der Waals surface area contributed by atoms with E-state index in [1.807, 2.05) is 7.05 Å². The topological polar surface area (TPSA) is 78.0 Å². The Bertz CT molecular complexity index is 617. The zero-order valence-electron chi connectivity index (χ0n) is 10.0. The molecule has 0 saturated heterocycles. The van der Waals surface area contributed by atoms with Crippen LogP contribution in [0.1, 0.15) is 0 Å². The second-order valence-corrected chi connectivity index (χ2v) is 7.14. The Morgan fingerprint density at radius 3 is 2.83 bits per heavy atom. The highest BCUT2D eigenvalue weighted by atomic mass is 32.2. The number of hydrogen-bond donors (Lipinski definition) is 0. The number of furan rings is 1. The minimum atomic E-state index is -2.94. The summed E-state index contributed by atoms with van der Waals surface area (Å²) in [5.41, 5.74) is 0. The van der Waals surface area contributed by atoms with Crippen LogP contribution in [0.25, 0.3) is 11.6 Å². The SMILES string of the molecule is Cn1c(SCCS(C)(=O)=O)nnc1-c1ccco1. The van der Waals surface area contributed by atoms with Gasteiger partial charge >= 0.3 is 0 Å². The van der Waals surface area contributed by atoms with Gasteiger partial charge in [-0.05, 0) is 12.1 Å². The minimum absolute atomic E-state index is 0.126. The molecule has 2 aromatic heterocycles. The first-order valence-electron chi connectivity index (χ1n) is 5.21. The van der Waals surface area contributed by atoms with Crippen LogP contribution in [-0.2, 0) is 16.9 Å². The van der Waals surface area contributed by atoms with Gasteiger partial charge in [-0.1, -0.05) is 11.8 Å². The molecule has 0 spiro atoms. The number of hydrogen-bond acceptors (Lipinski definition) is 6. The summed E-state index contributed by atoms with van der Waals surface area (Å²) in [6, 6.07) is 3.58. The molecule has 0 bridgehead atoms. The first-order valence-corrected chi connectivity index (χ1v) is 8.26. The van der Waals surface area contributed by atoms with Crippen molar-refractivity contribution in [3.05, 3.63) is 18.4 Å².